The zero-order chi connectivity index (χ0) is 27.8. The van der Waals surface area contributed by atoms with E-state index in [0.717, 1.165) is 11.3 Å². The SMILES string of the molecule is COc1ccc(COCC[C@@](O[Si](C)(C)C)(C(=O)OC(C)(C)C)[C@@H](CC=O)C(=O)OC(C)(C)C)cc1. The van der Waals surface area contributed by atoms with Crippen LogP contribution in [-0.2, 0) is 39.6 Å². The summed E-state index contributed by atoms with van der Waals surface area (Å²) in [6.45, 7) is 16.5. The zero-order valence-electron chi connectivity index (χ0n) is 23.6. The Kier molecular flexibility index (Phi) is 11.3. The molecule has 1 aromatic carbocycles. The zero-order valence-corrected chi connectivity index (χ0v) is 24.6. The molecule has 0 saturated heterocycles. The van der Waals surface area contributed by atoms with Gasteiger partial charge in [-0.25, -0.2) is 4.79 Å². The average Bonchev–Trinajstić information content (AvgIpc) is 2.71. The highest BCUT2D eigenvalue weighted by Crippen LogP contribution is 2.37. The number of esters is 2. The summed E-state index contributed by atoms with van der Waals surface area (Å²) in [5.41, 5.74) is -2.49. The van der Waals surface area contributed by atoms with Gasteiger partial charge in [-0.2, -0.15) is 0 Å². The van der Waals surface area contributed by atoms with Crippen LogP contribution in [0, 0.1) is 5.92 Å². The lowest BCUT2D eigenvalue weighted by molar-refractivity contribution is -0.193. The van der Waals surface area contributed by atoms with Crippen LogP contribution in [0.15, 0.2) is 24.3 Å². The van der Waals surface area contributed by atoms with E-state index in [2.05, 4.69) is 0 Å². The van der Waals surface area contributed by atoms with Gasteiger partial charge in [-0.05, 0) is 78.9 Å². The normalized spacial score (nSPS) is 14.9. The summed E-state index contributed by atoms with van der Waals surface area (Å²) < 4.78 is 28.9. The van der Waals surface area contributed by atoms with E-state index < -0.39 is 43.0 Å². The first kappa shape index (κ1) is 31.8. The molecule has 0 fully saturated rings. The lowest BCUT2D eigenvalue weighted by Gasteiger charge is -2.42. The molecule has 0 aliphatic carbocycles. The van der Waals surface area contributed by atoms with Crippen LogP contribution in [-0.4, -0.2) is 57.1 Å². The lowest BCUT2D eigenvalue weighted by atomic mass is 9.82. The van der Waals surface area contributed by atoms with Gasteiger partial charge in [-0.1, -0.05) is 12.1 Å². The van der Waals surface area contributed by atoms with Crippen molar-refractivity contribution in [3.8, 4) is 5.75 Å². The fourth-order valence-electron chi connectivity index (χ4n) is 3.57. The molecule has 0 aliphatic rings. The van der Waals surface area contributed by atoms with E-state index in [-0.39, 0.29) is 26.1 Å². The number of carbonyl (C=O) groups is 3. The highest BCUT2D eigenvalue weighted by atomic mass is 28.4. The monoisotopic (exact) mass is 524 g/mol. The van der Waals surface area contributed by atoms with Crippen molar-refractivity contribution in [2.75, 3.05) is 13.7 Å². The molecule has 0 heterocycles. The van der Waals surface area contributed by atoms with E-state index >= 15 is 0 Å². The van der Waals surface area contributed by atoms with Crippen LogP contribution in [0.5, 0.6) is 5.75 Å². The molecular weight excluding hydrogens is 480 g/mol. The molecule has 0 unspecified atom stereocenters. The van der Waals surface area contributed by atoms with Gasteiger partial charge in [0.1, 0.15) is 29.2 Å². The third-order valence-corrected chi connectivity index (χ3v) is 5.84. The van der Waals surface area contributed by atoms with E-state index in [4.69, 9.17) is 23.4 Å². The van der Waals surface area contributed by atoms with E-state index in [1.165, 1.54) is 0 Å². The Morgan fingerprint density at radius 1 is 0.944 bits per heavy atom. The number of hydrogen-bond donors (Lipinski definition) is 0. The summed E-state index contributed by atoms with van der Waals surface area (Å²) in [6, 6.07) is 7.43. The fraction of sp³-hybridized carbons (Fsp3) is 0.667. The summed E-state index contributed by atoms with van der Waals surface area (Å²) in [6.07, 6.45) is 0.372. The number of methoxy groups -OCH3 is 1. The van der Waals surface area contributed by atoms with Gasteiger partial charge in [0.15, 0.2) is 13.9 Å². The maximum absolute atomic E-state index is 13.8. The van der Waals surface area contributed by atoms with Crippen molar-refractivity contribution in [1.29, 1.82) is 0 Å². The van der Waals surface area contributed by atoms with Crippen molar-refractivity contribution >= 4 is 26.5 Å². The molecule has 0 aliphatic heterocycles. The van der Waals surface area contributed by atoms with E-state index in [9.17, 15) is 14.4 Å². The molecule has 0 N–H and O–H groups in total. The average molecular weight is 525 g/mol. The van der Waals surface area contributed by atoms with Gasteiger partial charge in [0.2, 0.25) is 0 Å². The molecule has 0 spiro atoms. The number of ether oxygens (including phenoxy) is 4. The number of aldehydes is 1. The smallest absolute Gasteiger partial charge is 0.338 e. The molecule has 0 aromatic heterocycles. The molecule has 8 nitrogen and oxygen atoms in total. The summed E-state index contributed by atoms with van der Waals surface area (Å²) in [5, 5.41) is 0. The largest absolute Gasteiger partial charge is 0.497 e. The number of carbonyl (C=O) groups excluding carboxylic acids is 3. The minimum atomic E-state index is -2.46. The van der Waals surface area contributed by atoms with Crippen LogP contribution < -0.4 is 4.74 Å². The molecule has 2 atom stereocenters. The second-order valence-electron chi connectivity index (χ2n) is 11.7. The minimum absolute atomic E-state index is 0.0140. The highest BCUT2D eigenvalue weighted by Gasteiger charge is 2.55. The van der Waals surface area contributed by atoms with E-state index in [1.807, 2.05) is 43.9 Å². The van der Waals surface area contributed by atoms with Gasteiger partial charge >= 0.3 is 11.9 Å². The number of benzene rings is 1. The Balaban J connectivity index is 3.38. The van der Waals surface area contributed by atoms with Crippen LogP contribution in [0.3, 0.4) is 0 Å². The lowest BCUT2D eigenvalue weighted by Crippen LogP contribution is -2.59. The summed E-state index contributed by atoms with van der Waals surface area (Å²) in [4.78, 5) is 38.8. The molecule has 204 valence electrons. The quantitative estimate of drug-likeness (QED) is 0.152. The molecule has 9 heteroatoms. The molecule has 36 heavy (non-hydrogen) atoms. The number of hydrogen-bond acceptors (Lipinski definition) is 8. The van der Waals surface area contributed by atoms with Crippen molar-refractivity contribution < 1.29 is 37.8 Å². The molecule has 1 aromatic rings. The molecule has 1 rings (SSSR count). The summed E-state index contributed by atoms with van der Waals surface area (Å²) in [5.74, 6) is -1.85. The maximum Gasteiger partial charge on any atom is 0.338 e. The van der Waals surface area contributed by atoms with Crippen molar-refractivity contribution in [3.05, 3.63) is 29.8 Å². The standard InChI is InChI=1S/C27H44O8Si/c1-25(2,3)33-23(29)22(15-17-28)27(35-36(8,9)10,24(30)34-26(4,5)6)16-18-32-19-20-11-13-21(31-7)14-12-20/h11-14,17,22H,15-16,18-19H2,1-10H3/t22-,27-/m0/s1. The van der Waals surface area contributed by atoms with E-state index in [0.29, 0.717) is 6.29 Å². The Morgan fingerprint density at radius 3 is 1.94 bits per heavy atom. The first-order valence-electron chi connectivity index (χ1n) is 12.2. The summed E-state index contributed by atoms with van der Waals surface area (Å²) in [7, 11) is -0.858. The molecule has 0 radical (unpaired) electrons. The first-order valence-corrected chi connectivity index (χ1v) is 15.6. The van der Waals surface area contributed by atoms with Crippen LogP contribution in [0.1, 0.15) is 59.9 Å². The van der Waals surface area contributed by atoms with Gasteiger partial charge in [0.25, 0.3) is 0 Å². The minimum Gasteiger partial charge on any atom is -0.497 e. The Bertz CT molecular complexity index is 862. The fourth-order valence-corrected chi connectivity index (χ4v) is 5.00. The van der Waals surface area contributed by atoms with Crippen molar-refractivity contribution in [3.63, 3.8) is 0 Å². The van der Waals surface area contributed by atoms with Crippen LogP contribution >= 0.6 is 0 Å². The van der Waals surface area contributed by atoms with Crippen molar-refractivity contribution in [1.82, 2.24) is 0 Å². The Morgan fingerprint density at radius 2 is 1.50 bits per heavy atom. The predicted octanol–water partition coefficient (Wildman–Crippen LogP) is 5.08. The molecule has 0 bridgehead atoms. The molecule has 0 saturated carbocycles. The van der Waals surface area contributed by atoms with Crippen LogP contribution in [0.2, 0.25) is 19.6 Å². The van der Waals surface area contributed by atoms with E-state index in [1.54, 1.807) is 48.7 Å². The van der Waals surface area contributed by atoms with Gasteiger partial charge in [-0.15, -0.1) is 0 Å². The topological polar surface area (TPSA) is 97.4 Å². The predicted molar refractivity (Wildman–Crippen MR) is 140 cm³/mol. The van der Waals surface area contributed by atoms with Gasteiger partial charge in [-0.3, -0.25) is 4.79 Å². The maximum atomic E-state index is 13.8. The molecular formula is C27H44O8Si. The second kappa shape index (κ2) is 12.8. The summed E-state index contributed by atoms with van der Waals surface area (Å²) >= 11 is 0. The third-order valence-electron chi connectivity index (χ3n) is 4.86. The van der Waals surface area contributed by atoms with Gasteiger partial charge < -0.3 is 28.2 Å². The number of rotatable bonds is 13. The highest BCUT2D eigenvalue weighted by molar-refractivity contribution is 6.70. The Hall–Kier alpha value is -2.23. The first-order chi connectivity index (χ1) is 16.4. The van der Waals surface area contributed by atoms with Gasteiger partial charge in [0, 0.05) is 12.8 Å². The van der Waals surface area contributed by atoms with Crippen molar-refractivity contribution in [2.45, 2.75) is 97.4 Å². The van der Waals surface area contributed by atoms with Gasteiger partial charge in [0.05, 0.1) is 20.3 Å². The van der Waals surface area contributed by atoms with Crippen molar-refractivity contribution in [2.24, 2.45) is 5.92 Å². The second-order valence-corrected chi connectivity index (χ2v) is 16.2. The third kappa shape index (κ3) is 10.8. The Labute approximate surface area is 217 Å². The van der Waals surface area contributed by atoms with Crippen LogP contribution in [0.4, 0.5) is 0 Å². The van der Waals surface area contributed by atoms with Crippen LogP contribution in [0.25, 0.3) is 0 Å². The molecule has 0 amide bonds.